The van der Waals surface area contributed by atoms with Crippen molar-refractivity contribution in [1.82, 2.24) is 4.90 Å². The largest absolute Gasteiger partial charge is 0.306 e. The molecule has 2 fully saturated rings. The van der Waals surface area contributed by atoms with Crippen LogP contribution in [0.4, 0.5) is 10.1 Å². The number of hydrogen-bond acceptors (Lipinski definition) is 4. The molecule has 148 valence electrons. The van der Waals surface area contributed by atoms with Gasteiger partial charge in [-0.1, -0.05) is 18.2 Å². The molecule has 2 aromatic carbocycles. The van der Waals surface area contributed by atoms with Gasteiger partial charge < -0.3 is 4.90 Å². The van der Waals surface area contributed by atoms with E-state index in [2.05, 4.69) is 0 Å². The molecule has 2 saturated heterocycles. The minimum absolute atomic E-state index is 0.0314. The highest BCUT2D eigenvalue weighted by Gasteiger charge is 2.49. The molecule has 0 bridgehead atoms. The summed E-state index contributed by atoms with van der Waals surface area (Å²) in [6.45, 7) is 4.49. The summed E-state index contributed by atoms with van der Waals surface area (Å²) >= 11 is 0. The van der Waals surface area contributed by atoms with Crippen LogP contribution in [0.3, 0.4) is 0 Å². The third-order valence-corrected chi connectivity index (χ3v) is 7.18. The van der Waals surface area contributed by atoms with E-state index in [0.717, 1.165) is 22.4 Å². The summed E-state index contributed by atoms with van der Waals surface area (Å²) in [5.41, 5.74) is 3.69. The van der Waals surface area contributed by atoms with Gasteiger partial charge in [0.2, 0.25) is 5.91 Å². The van der Waals surface area contributed by atoms with Crippen LogP contribution in [0, 0.1) is 19.7 Å². The normalized spacial score (nSPS) is 24.4. The zero-order chi connectivity index (χ0) is 20.1. The van der Waals surface area contributed by atoms with Gasteiger partial charge in [-0.2, -0.15) is 0 Å². The molecular formula is C21H23FN2O3S. The van der Waals surface area contributed by atoms with E-state index in [-0.39, 0.29) is 35.8 Å². The van der Waals surface area contributed by atoms with Gasteiger partial charge in [0.15, 0.2) is 9.84 Å². The molecule has 0 aromatic heterocycles. The third-order valence-electron chi connectivity index (χ3n) is 5.48. The summed E-state index contributed by atoms with van der Waals surface area (Å²) in [4.78, 5) is 16.7. The number of hydrogen-bond donors (Lipinski definition) is 0. The first-order valence-corrected chi connectivity index (χ1v) is 11.1. The fourth-order valence-electron chi connectivity index (χ4n) is 4.38. The maximum absolute atomic E-state index is 13.2. The SMILES string of the molecule is Cc1cc(C)cc(N2C(=O)CN(Cc3ccc(F)cc3)[C@H]3CS(=O)(=O)C[C@H]32)c1. The molecule has 4 rings (SSSR count). The number of carbonyl (C=O) groups is 1. The van der Waals surface area contributed by atoms with E-state index in [4.69, 9.17) is 0 Å². The molecule has 0 unspecified atom stereocenters. The van der Waals surface area contributed by atoms with E-state index in [1.165, 1.54) is 12.1 Å². The number of carbonyl (C=O) groups excluding carboxylic acids is 1. The zero-order valence-electron chi connectivity index (χ0n) is 15.9. The summed E-state index contributed by atoms with van der Waals surface area (Å²) in [5.74, 6) is -0.421. The Bertz CT molecular complexity index is 1000. The van der Waals surface area contributed by atoms with Crippen LogP contribution in [-0.4, -0.2) is 49.4 Å². The summed E-state index contributed by atoms with van der Waals surface area (Å²) in [6.07, 6.45) is 0. The van der Waals surface area contributed by atoms with Crippen molar-refractivity contribution in [2.24, 2.45) is 0 Å². The Kier molecular flexibility index (Phi) is 4.75. The molecule has 2 aliphatic heterocycles. The number of sulfone groups is 1. The summed E-state index contributed by atoms with van der Waals surface area (Å²) < 4.78 is 38.1. The first kappa shape index (κ1) is 19.1. The van der Waals surface area contributed by atoms with Crippen LogP contribution >= 0.6 is 0 Å². The van der Waals surface area contributed by atoms with E-state index in [9.17, 15) is 17.6 Å². The second-order valence-corrected chi connectivity index (χ2v) is 10.0. The Balaban J connectivity index is 1.68. The Morgan fingerprint density at radius 3 is 2.25 bits per heavy atom. The number of halogens is 1. The van der Waals surface area contributed by atoms with Crippen molar-refractivity contribution < 1.29 is 17.6 Å². The molecule has 2 atom stereocenters. The van der Waals surface area contributed by atoms with Crippen LogP contribution in [0.5, 0.6) is 0 Å². The number of nitrogens with zero attached hydrogens (tertiary/aromatic N) is 2. The van der Waals surface area contributed by atoms with Crippen LogP contribution in [0.2, 0.25) is 0 Å². The van der Waals surface area contributed by atoms with Crippen molar-refractivity contribution in [3.8, 4) is 0 Å². The molecule has 2 aromatic rings. The lowest BCUT2D eigenvalue weighted by molar-refractivity contribution is -0.123. The first-order valence-electron chi connectivity index (χ1n) is 9.31. The van der Waals surface area contributed by atoms with Crippen molar-refractivity contribution in [3.63, 3.8) is 0 Å². The minimum Gasteiger partial charge on any atom is -0.306 e. The fourth-order valence-corrected chi connectivity index (χ4v) is 6.36. The lowest BCUT2D eigenvalue weighted by Gasteiger charge is -2.43. The van der Waals surface area contributed by atoms with Crippen molar-refractivity contribution in [3.05, 3.63) is 65.0 Å². The summed E-state index contributed by atoms with van der Waals surface area (Å²) in [7, 11) is -3.24. The van der Waals surface area contributed by atoms with E-state index < -0.39 is 15.9 Å². The van der Waals surface area contributed by atoms with Crippen molar-refractivity contribution >= 4 is 21.4 Å². The monoisotopic (exact) mass is 402 g/mol. The molecule has 7 heteroatoms. The number of fused-ring (bicyclic) bond motifs is 1. The smallest absolute Gasteiger partial charge is 0.241 e. The average Bonchev–Trinajstić information content (AvgIpc) is 2.91. The van der Waals surface area contributed by atoms with Gasteiger partial charge in [0.25, 0.3) is 0 Å². The molecule has 28 heavy (non-hydrogen) atoms. The highest BCUT2D eigenvalue weighted by Crippen LogP contribution is 2.33. The van der Waals surface area contributed by atoms with Crippen molar-refractivity contribution in [2.75, 3.05) is 23.0 Å². The van der Waals surface area contributed by atoms with Gasteiger partial charge >= 0.3 is 0 Å². The van der Waals surface area contributed by atoms with Crippen LogP contribution in [0.1, 0.15) is 16.7 Å². The molecule has 5 nitrogen and oxygen atoms in total. The average molecular weight is 402 g/mol. The van der Waals surface area contributed by atoms with Crippen LogP contribution in [-0.2, 0) is 21.2 Å². The predicted octanol–water partition coefficient (Wildman–Crippen LogP) is 2.46. The third kappa shape index (κ3) is 3.69. The second kappa shape index (κ2) is 6.97. The van der Waals surface area contributed by atoms with Gasteiger partial charge in [-0.15, -0.1) is 0 Å². The molecule has 0 spiro atoms. The standard InChI is InChI=1S/C21H23FN2O3S/c1-14-7-15(2)9-18(8-14)24-20-13-28(26,27)12-19(20)23(11-21(24)25)10-16-3-5-17(22)6-4-16/h3-9,19-20H,10-13H2,1-2H3/t19-,20+/m0/s1. The maximum atomic E-state index is 13.2. The summed E-state index contributed by atoms with van der Waals surface area (Å²) in [5, 5.41) is 0. The van der Waals surface area contributed by atoms with Gasteiger partial charge in [0.05, 0.1) is 24.1 Å². The first-order chi connectivity index (χ1) is 13.2. The van der Waals surface area contributed by atoms with Gasteiger partial charge in [-0.25, -0.2) is 12.8 Å². The maximum Gasteiger partial charge on any atom is 0.241 e. The lowest BCUT2D eigenvalue weighted by atomic mass is 10.0. The number of rotatable bonds is 3. The number of aryl methyl sites for hydroxylation is 2. The van der Waals surface area contributed by atoms with Gasteiger partial charge in [-0.3, -0.25) is 9.69 Å². The van der Waals surface area contributed by atoms with Gasteiger partial charge in [-0.05, 0) is 54.8 Å². The lowest BCUT2D eigenvalue weighted by Crippen LogP contribution is -2.61. The highest BCUT2D eigenvalue weighted by atomic mass is 32.2. The Morgan fingerprint density at radius 1 is 1.00 bits per heavy atom. The highest BCUT2D eigenvalue weighted by molar-refractivity contribution is 7.91. The van der Waals surface area contributed by atoms with Crippen molar-refractivity contribution in [1.29, 1.82) is 0 Å². The van der Waals surface area contributed by atoms with Crippen molar-refractivity contribution in [2.45, 2.75) is 32.5 Å². The second-order valence-electron chi connectivity index (χ2n) is 7.85. The predicted molar refractivity (Wildman–Crippen MR) is 106 cm³/mol. The van der Waals surface area contributed by atoms with Gasteiger partial charge in [0.1, 0.15) is 5.82 Å². The molecule has 0 radical (unpaired) electrons. The number of benzene rings is 2. The molecule has 0 aliphatic carbocycles. The van der Waals surface area contributed by atoms with E-state index in [0.29, 0.717) is 6.54 Å². The summed E-state index contributed by atoms with van der Waals surface area (Å²) in [6, 6.07) is 11.3. The quantitative estimate of drug-likeness (QED) is 0.791. The molecule has 1 amide bonds. The Labute approximate surface area is 164 Å². The molecule has 2 aliphatic rings. The Morgan fingerprint density at radius 2 is 1.61 bits per heavy atom. The number of piperazine rings is 1. The van der Waals surface area contributed by atoms with E-state index >= 15 is 0 Å². The zero-order valence-corrected chi connectivity index (χ0v) is 16.7. The minimum atomic E-state index is -3.24. The van der Waals surface area contributed by atoms with E-state index in [1.54, 1.807) is 17.0 Å². The molecular weight excluding hydrogens is 379 g/mol. The molecule has 2 heterocycles. The Hall–Kier alpha value is -2.25. The number of amides is 1. The molecule has 0 saturated carbocycles. The fraction of sp³-hybridized carbons (Fsp3) is 0.381. The van der Waals surface area contributed by atoms with Crippen LogP contribution in [0.25, 0.3) is 0 Å². The number of anilines is 1. The van der Waals surface area contributed by atoms with E-state index in [1.807, 2.05) is 36.9 Å². The van der Waals surface area contributed by atoms with Crippen LogP contribution in [0.15, 0.2) is 42.5 Å². The van der Waals surface area contributed by atoms with Crippen LogP contribution < -0.4 is 4.90 Å². The topological polar surface area (TPSA) is 57.7 Å². The van der Waals surface area contributed by atoms with Gasteiger partial charge in [0, 0.05) is 18.3 Å². The molecule has 0 N–H and O–H groups in total.